The lowest BCUT2D eigenvalue weighted by atomic mass is 10.1. The van der Waals surface area contributed by atoms with Crippen LogP contribution in [-0.4, -0.2) is 31.5 Å². The van der Waals surface area contributed by atoms with Crippen LogP contribution < -0.4 is 5.32 Å². The van der Waals surface area contributed by atoms with E-state index in [-0.39, 0.29) is 6.04 Å². The molecular weight excluding hydrogens is 264 g/mol. The van der Waals surface area contributed by atoms with Gasteiger partial charge in [0.05, 0.1) is 22.5 Å². The summed E-state index contributed by atoms with van der Waals surface area (Å²) in [6.07, 6.45) is 3.08. The molecule has 0 aliphatic rings. The number of likely N-dealkylation sites (N-methyl/N-ethyl adjacent to an activating group) is 1. The molecule has 104 valence electrons. The van der Waals surface area contributed by atoms with E-state index in [0.29, 0.717) is 0 Å². The molecule has 0 saturated heterocycles. The summed E-state index contributed by atoms with van der Waals surface area (Å²) in [5.41, 5.74) is 1.95. The monoisotopic (exact) mass is 282 g/mol. The molecule has 0 aliphatic heterocycles. The fraction of sp³-hybridized carbons (Fsp3) is 0.583. The second kappa shape index (κ2) is 6.16. The zero-order chi connectivity index (χ0) is 13.8. The first-order valence-corrected chi connectivity index (χ1v) is 6.84. The molecule has 1 atom stereocenters. The highest BCUT2D eigenvalue weighted by molar-refractivity contribution is 6.31. The maximum Gasteiger partial charge on any atom is 0.141 e. The molecule has 19 heavy (non-hydrogen) atoms. The van der Waals surface area contributed by atoms with Gasteiger partial charge in [0.15, 0.2) is 0 Å². The molecule has 0 aromatic carbocycles. The SMILES string of the molecule is CCNC(Cc1c(Cl)c(CC)nn1C)c1ncn[nH]1. The highest BCUT2D eigenvalue weighted by atomic mass is 35.5. The molecule has 2 rings (SSSR count). The number of hydrogen-bond acceptors (Lipinski definition) is 4. The lowest BCUT2D eigenvalue weighted by Crippen LogP contribution is -2.25. The van der Waals surface area contributed by atoms with Crippen LogP contribution >= 0.6 is 11.6 Å². The summed E-state index contributed by atoms with van der Waals surface area (Å²) < 4.78 is 1.85. The minimum absolute atomic E-state index is 0.0603. The first-order chi connectivity index (χ1) is 9.17. The van der Waals surface area contributed by atoms with Gasteiger partial charge in [-0.1, -0.05) is 25.4 Å². The Morgan fingerprint density at radius 1 is 1.47 bits per heavy atom. The molecule has 0 radical (unpaired) electrons. The zero-order valence-electron chi connectivity index (χ0n) is 11.4. The number of nitrogens with zero attached hydrogens (tertiary/aromatic N) is 4. The van der Waals surface area contributed by atoms with Crippen molar-refractivity contribution < 1.29 is 0 Å². The summed E-state index contributed by atoms with van der Waals surface area (Å²) >= 11 is 6.38. The Hall–Kier alpha value is -1.40. The average Bonchev–Trinajstić information content (AvgIpc) is 3.01. The van der Waals surface area contributed by atoms with Gasteiger partial charge in [-0.15, -0.1) is 0 Å². The van der Waals surface area contributed by atoms with Gasteiger partial charge in [0.1, 0.15) is 12.2 Å². The quantitative estimate of drug-likeness (QED) is 0.845. The van der Waals surface area contributed by atoms with Gasteiger partial charge in [-0.2, -0.15) is 10.2 Å². The molecule has 0 amide bonds. The van der Waals surface area contributed by atoms with Gasteiger partial charge >= 0.3 is 0 Å². The number of H-pyrrole nitrogens is 1. The van der Waals surface area contributed by atoms with E-state index in [0.717, 1.165) is 41.6 Å². The van der Waals surface area contributed by atoms with Crippen molar-refractivity contribution in [3.8, 4) is 0 Å². The summed E-state index contributed by atoms with van der Waals surface area (Å²) in [5.74, 6) is 0.817. The molecule has 6 nitrogen and oxygen atoms in total. The van der Waals surface area contributed by atoms with Crippen LogP contribution in [0.2, 0.25) is 5.02 Å². The Morgan fingerprint density at radius 3 is 2.79 bits per heavy atom. The van der Waals surface area contributed by atoms with Crippen molar-refractivity contribution in [1.82, 2.24) is 30.3 Å². The van der Waals surface area contributed by atoms with Gasteiger partial charge in [0.25, 0.3) is 0 Å². The van der Waals surface area contributed by atoms with E-state index >= 15 is 0 Å². The van der Waals surface area contributed by atoms with Crippen molar-refractivity contribution in [2.24, 2.45) is 7.05 Å². The van der Waals surface area contributed by atoms with Crippen molar-refractivity contribution in [3.63, 3.8) is 0 Å². The molecule has 2 aromatic heterocycles. The van der Waals surface area contributed by atoms with Crippen LogP contribution in [0.4, 0.5) is 0 Å². The average molecular weight is 283 g/mol. The van der Waals surface area contributed by atoms with Crippen LogP contribution in [0.1, 0.15) is 37.1 Å². The largest absolute Gasteiger partial charge is 0.307 e. The molecule has 0 fully saturated rings. The number of nitrogens with one attached hydrogen (secondary N) is 2. The van der Waals surface area contributed by atoms with E-state index in [1.807, 2.05) is 11.7 Å². The third-order valence-electron chi connectivity index (χ3n) is 3.11. The molecule has 2 heterocycles. The maximum absolute atomic E-state index is 6.38. The molecule has 2 N–H and O–H groups in total. The number of aromatic nitrogens is 5. The molecule has 2 aromatic rings. The number of hydrogen-bond donors (Lipinski definition) is 2. The normalized spacial score (nSPS) is 12.8. The summed E-state index contributed by atoms with van der Waals surface area (Å²) in [4.78, 5) is 4.22. The third-order valence-corrected chi connectivity index (χ3v) is 3.55. The van der Waals surface area contributed by atoms with E-state index in [4.69, 9.17) is 11.6 Å². The first-order valence-electron chi connectivity index (χ1n) is 6.46. The van der Waals surface area contributed by atoms with Gasteiger partial charge in [0.2, 0.25) is 0 Å². The number of halogens is 1. The summed E-state index contributed by atoms with van der Waals surface area (Å²) in [7, 11) is 1.92. The second-order valence-corrected chi connectivity index (χ2v) is 4.75. The fourth-order valence-electron chi connectivity index (χ4n) is 2.13. The lowest BCUT2D eigenvalue weighted by molar-refractivity contribution is 0.506. The van der Waals surface area contributed by atoms with Crippen molar-refractivity contribution >= 4 is 11.6 Å². The Kier molecular flexibility index (Phi) is 4.55. The second-order valence-electron chi connectivity index (χ2n) is 4.37. The van der Waals surface area contributed by atoms with Crippen LogP contribution in [0, 0.1) is 0 Å². The zero-order valence-corrected chi connectivity index (χ0v) is 12.2. The number of rotatable bonds is 6. The summed E-state index contributed by atoms with van der Waals surface area (Å²) in [6.45, 7) is 4.96. The van der Waals surface area contributed by atoms with Crippen molar-refractivity contribution in [2.75, 3.05) is 6.54 Å². The van der Waals surface area contributed by atoms with Gasteiger partial charge < -0.3 is 5.32 Å². The van der Waals surface area contributed by atoms with Gasteiger partial charge in [-0.25, -0.2) is 4.98 Å². The standard InChI is InChI=1S/C12H19ClN6/c1-4-8-11(13)10(19(3)18-8)6-9(14-5-2)12-15-7-16-17-12/h7,9,14H,4-6H2,1-3H3,(H,15,16,17). The van der Waals surface area contributed by atoms with Crippen LogP contribution in [0.5, 0.6) is 0 Å². The molecule has 0 bridgehead atoms. The molecule has 0 aliphatic carbocycles. The number of aryl methyl sites for hydroxylation is 2. The lowest BCUT2D eigenvalue weighted by Gasteiger charge is -2.15. The van der Waals surface area contributed by atoms with Crippen LogP contribution in [0.3, 0.4) is 0 Å². The Morgan fingerprint density at radius 2 is 2.26 bits per heavy atom. The van der Waals surface area contributed by atoms with E-state index in [2.05, 4.69) is 39.4 Å². The Labute approximate surface area is 117 Å². The molecule has 0 saturated carbocycles. The minimum Gasteiger partial charge on any atom is -0.307 e. The van der Waals surface area contributed by atoms with Crippen LogP contribution in [0.25, 0.3) is 0 Å². The van der Waals surface area contributed by atoms with Gasteiger partial charge in [0, 0.05) is 13.5 Å². The van der Waals surface area contributed by atoms with Crippen LogP contribution in [-0.2, 0) is 19.9 Å². The van der Waals surface area contributed by atoms with Gasteiger partial charge in [-0.3, -0.25) is 9.78 Å². The van der Waals surface area contributed by atoms with Gasteiger partial charge in [-0.05, 0) is 13.0 Å². The highest BCUT2D eigenvalue weighted by Crippen LogP contribution is 2.25. The maximum atomic E-state index is 6.38. The van der Waals surface area contributed by atoms with Crippen molar-refractivity contribution in [1.29, 1.82) is 0 Å². The smallest absolute Gasteiger partial charge is 0.141 e. The molecule has 0 spiro atoms. The predicted octanol–water partition coefficient (Wildman–Crippen LogP) is 1.65. The summed E-state index contributed by atoms with van der Waals surface area (Å²) in [5, 5.41) is 15.4. The van der Waals surface area contributed by atoms with Crippen molar-refractivity contribution in [3.05, 3.63) is 28.6 Å². The van der Waals surface area contributed by atoms with Crippen LogP contribution in [0.15, 0.2) is 6.33 Å². The molecular formula is C12H19ClN6. The van der Waals surface area contributed by atoms with Crippen molar-refractivity contribution in [2.45, 2.75) is 32.7 Å². The van der Waals surface area contributed by atoms with E-state index in [9.17, 15) is 0 Å². The van der Waals surface area contributed by atoms with E-state index < -0.39 is 0 Å². The minimum atomic E-state index is 0.0603. The summed E-state index contributed by atoms with van der Waals surface area (Å²) in [6, 6.07) is 0.0603. The predicted molar refractivity (Wildman–Crippen MR) is 74.1 cm³/mol. The Bertz CT molecular complexity index is 519. The third kappa shape index (κ3) is 2.96. The Balaban J connectivity index is 2.24. The number of aromatic amines is 1. The molecule has 7 heteroatoms. The van der Waals surface area contributed by atoms with E-state index in [1.54, 1.807) is 0 Å². The molecule has 1 unspecified atom stereocenters. The highest BCUT2D eigenvalue weighted by Gasteiger charge is 2.20. The topological polar surface area (TPSA) is 71.4 Å². The van der Waals surface area contributed by atoms with E-state index in [1.165, 1.54) is 6.33 Å². The fourth-order valence-corrected chi connectivity index (χ4v) is 2.50. The first kappa shape index (κ1) is 14.0.